The van der Waals surface area contributed by atoms with Crippen LogP contribution in [0.1, 0.15) is 73.4 Å². The Bertz CT molecular complexity index is 849. The summed E-state index contributed by atoms with van der Waals surface area (Å²) in [5, 5.41) is 3.56. The molecular formula is C26H33NO2S. The van der Waals surface area contributed by atoms with Crippen molar-refractivity contribution in [3.63, 3.8) is 0 Å². The number of ketones is 1. The Hall–Kier alpha value is -2.20. The molecule has 0 bridgehead atoms. The maximum Gasteiger partial charge on any atom is 0.168 e. The maximum atomic E-state index is 13.4. The quantitative estimate of drug-likeness (QED) is 0.368. The lowest BCUT2D eigenvalue weighted by molar-refractivity contribution is 0.0870. The number of carbonyl (C=O) groups excluding carboxylic acids is 1. The van der Waals surface area contributed by atoms with E-state index < -0.39 is 0 Å². The molecular weight excluding hydrogens is 390 g/mol. The predicted molar refractivity (Wildman–Crippen MR) is 128 cm³/mol. The van der Waals surface area contributed by atoms with E-state index >= 15 is 0 Å². The van der Waals surface area contributed by atoms with Gasteiger partial charge in [-0.2, -0.15) is 0 Å². The standard InChI is InChI=1S/C26H33NO2S/c1-3-4-5-6-10-13-24(27-26(30)20-11-8-7-9-12-20)22-17-15-19-14-16-21(29-2)18-23(19)25(22)28/h7-9,11-12,14,16,18,22,24H,3-6,10,13,15,17H2,1-2H3,(H,27,30)/t22-,24?/m1/s1. The van der Waals surface area contributed by atoms with E-state index in [-0.39, 0.29) is 17.7 Å². The molecule has 1 aliphatic rings. The lowest BCUT2D eigenvalue weighted by atomic mass is 9.77. The van der Waals surface area contributed by atoms with E-state index in [1.165, 1.54) is 25.7 Å². The Morgan fingerprint density at radius 2 is 1.90 bits per heavy atom. The van der Waals surface area contributed by atoms with Gasteiger partial charge in [0, 0.05) is 23.1 Å². The molecule has 0 fully saturated rings. The van der Waals surface area contributed by atoms with Crippen LogP contribution >= 0.6 is 12.2 Å². The van der Waals surface area contributed by atoms with Gasteiger partial charge in [0.05, 0.1) is 7.11 Å². The lowest BCUT2D eigenvalue weighted by Gasteiger charge is -2.32. The van der Waals surface area contributed by atoms with Gasteiger partial charge in [0.15, 0.2) is 5.78 Å². The first-order chi connectivity index (χ1) is 14.6. The number of ether oxygens (including phenoxy) is 1. The summed E-state index contributed by atoms with van der Waals surface area (Å²) in [4.78, 5) is 14.2. The highest BCUT2D eigenvalue weighted by atomic mass is 32.1. The zero-order chi connectivity index (χ0) is 21.3. The molecule has 0 amide bonds. The van der Waals surface area contributed by atoms with Gasteiger partial charge in [-0.05, 0) is 37.0 Å². The van der Waals surface area contributed by atoms with Crippen LogP contribution in [0.3, 0.4) is 0 Å². The van der Waals surface area contributed by atoms with Crippen LogP contribution in [-0.4, -0.2) is 23.9 Å². The Kier molecular flexibility index (Phi) is 8.44. The van der Waals surface area contributed by atoms with Crippen molar-refractivity contribution in [2.45, 2.75) is 64.3 Å². The molecule has 2 aromatic rings. The third kappa shape index (κ3) is 5.69. The van der Waals surface area contributed by atoms with Gasteiger partial charge in [-0.25, -0.2) is 0 Å². The summed E-state index contributed by atoms with van der Waals surface area (Å²) in [6.45, 7) is 2.23. The first kappa shape index (κ1) is 22.5. The van der Waals surface area contributed by atoms with Gasteiger partial charge in [0.2, 0.25) is 0 Å². The molecule has 0 radical (unpaired) electrons. The number of benzene rings is 2. The Morgan fingerprint density at radius 3 is 2.63 bits per heavy atom. The van der Waals surface area contributed by atoms with Crippen molar-refractivity contribution < 1.29 is 9.53 Å². The fourth-order valence-corrected chi connectivity index (χ4v) is 4.63. The van der Waals surface area contributed by atoms with Crippen molar-refractivity contribution in [3.05, 3.63) is 65.2 Å². The molecule has 4 heteroatoms. The third-order valence-electron chi connectivity index (χ3n) is 6.10. The van der Waals surface area contributed by atoms with Gasteiger partial charge in [-0.3, -0.25) is 4.79 Å². The van der Waals surface area contributed by atoms with Crippen LogP contribution in [0.2, 0.25) is 0 Å². The number of nitrogens with one attached hydrogen (secondary N) is 1. The molecule has 0 saturated carbocycles. The zero-order valence-electron chi connectivity index (χ0n) is 18.2. The van der Waals surface area contributed by atoms with Crippen molar-refractivity contribution in [3.8, 4) is 5.75 Å². The minimum Gasteiger partial charge on any atom is -0.497 e. The number of unbranched alkanes of at least 4 members (excludes halogenated alkanes) is 4. The Balaban J connectivity index is 1.76. The fourth-order valence-electron chi connectivity index (χ4n) is 4.34. The highest BCUT2D eigenvalue weighted by Gasteiger charge is 2.34. The summed E-state index contributed by atoms with van der Waals surface area (Å²) in [7, 11) is 1.64. The summed E-state index contributed by atoms with van der Waals surface area (Å²) >= 11 is 5.70. The van der Waals surface area contributed by atoms with E-state index in [0.29, 0.717) is 0 Å². The number of methoxy groups -OCH3 is 1. The number of carbonyl (C=O) groups is 1. The van der Waals surface area contributed by atoms with Crippen molar-refractivity contribution in [2.24, 2.45) is 5.92 Å². The minimum atomic E-state index is -0.0579. The van der Waals surface area contributed by atoms with E-state index in [1.807, 2.05) is 48.5 Å². The number of thiocarbonyl (C=S) groups is 1. The number of hydrogen-bond acceptors (Lipinski definition) is 3. The second-order valence-corrected chi connectivity index (χ2v) is 8.59. The monoisotopic (exact) mass is 423 g/mol. The van der Waals surface area contributed by atoms with Crippen LogP contribution in [-0.2, 0) is 6.42 Å². The van der Waals surface area contributed by atoms with E-state index in [2.05, 4.69) is 12.2 Å². The number of aryl methyl sites for hydroxylation is 1. The van der Waals surface area contributed by atoms with Gasteiger partial charge in [0.25, 0.3) is 0 Å². The summed E-state index contributed by atoms with van der Waals surface area (Å²) in [5.74, 6) is 0.904. The molecule has 1 N–H and O–H groups in total. The summed E-state index contributed by atoms with van der Waals surface area (Å²) in [6, 6.07) is 16.0. The van der Waals surface area contributed by atoms with Crippen LogP contribution in [0, 0.1) is 5.92 Å². The van der Waals surface area contributed by atoms with E-state index in [9.17, 15) is 4.79 Å². The third-order valence-corrected chi connectivity index (χ3v) is 6.45. The zero-order valence-corrected chi connectivity index (χ0v) is 19.0. The van der Waals surface area contributed by atoms with Crippen LogP contribution in [0.4, 0.5) is 0 Å². The van der Waals surface area contributed by atoms with E-state index in [0.717, 1.165) is 53.1 Å². The summed E-state index contributed by atoms with van der Waals surface area (Å²) in [6.07, 6.45) is 8.83. The lowest BCUT2D eigenvalue weighted by Crippen LogP contribution is -2.44. The Morgan fingerprint density at radius 1 is 1.13 bits per heavy atom. The SMILES string of the molecule is CCCCCCCC(NC(=S)c1ccccc1)[C@H]1CCc2ccc(OC)cc2C1=O. The molecule has 0 aromatic heterocycles. The second kappa shape index (κ2) is 11.3. The first-order valence-electron chi connectivity index (χ1n) is 11.2. The molecule has 3 rings (SSSR count). The van der Waals surface area contributed by atoms with Gasteiger partial charge in [0.1, 0.15) is 10.7 Å². The molecule has 160 valence electrons. The average molecular weight is 424 g/mol. The summed E-state index contributed by atoms with van der Waals surface area (Å²) in [5.41, 5.74) is 2.95. The van der Waals surface area contributed by atoms with Gasteiger partial charge in [-0.15, -0.1) is 0 Å². The average Bonchev–Trinajstić information content (AvgIpc) is 2.79. The van der Waals surface area contributed by atoms with E-state index in [4.69, 9.17) is 17.0 Å². The van der Waals surface area contributed by atoms with Crippen molar-refractivity contribution in [2.75, 3.05) is 7.11 Å². The van der Waals surface area contributed by atoms with Crippen LogP contribution < -0.4 is 10.1 Å². The van der Waals surface area contributed by atoms with Crippen LogP contribution in [0.15, 0.2) is 48.5 Å². The topological polar surface area (TPSA) is 38.3 Å². The molecule has 30 heavy (non-hydrogen) atoms. The molecule has 0 heterocycles. The van der Waals surface area contributed by atoms with Gasteiger partial charge in [-0.1, -0.05) is 87.6 Å². The minimum absolute atomic E-state index is 0.0579. The van der Waals surface area contributed by atoms with E-state index in [1.54, 1.807) is 7.11 Å². The molecule has 2 aromatic carbocycles. The van der Waals surface area contributed by atoms with Gasteiger partial charge >= 0.3 is 0 Å². The molecule has 1 unspecified atom stereocenters. The molecule has 0 saturated heterocycles. The normalized spacial score (nSPS) is 16.6. The first-order valence-corrected chi connectivity index (χ1v) is 11.6. The van der Waals surface area contributed by atoms with Crippen molar-refractivity contribution >= 4 is 23.0 Å². The van der Waals surface area contributed by atoms with Crippen LogP contribution in [0.25, 0.3) is 0 Å². The van der Waals surface area contributed by atoms with Crippen molar-refractivity contribution in [1.29, 1.82) is 0 Å². The van der Waals surface area contributed by atoms with Gasteiger partial charge < -0.3 is 10.1 Å². The highest BCUT2D eigenvalue weighted by Crippen LogP contribution is 2.32. The van der Waals surface area contributed by atoms with Crippen LogP contribution in [0.5, 0.6) is 5.75 Å². The molecule has 0 spiro atoms. The number of fused-ring (bicyclic) bond motifs is 1. The second-order valence-electron chi connectivity index (χ2n) is 8.18. The number of hydrogen-bond donors (Lipinski definition) is 1. The smallest absolute Gasteiger partial charge is 0.168 e. The fraction of sp³-hybridized carbons (Fsp3) is 0.462. The predicted octanol–water partition coefficient (Wildman–Crippen LogP) is 6.13. The Labute approximate surface area is 186 Å². The largest absolute Gasteiger partial charge is 0.497 e. The molecule has 2 atom stereocenters. The molecule has 3 nitrogen and oxygen atoms in total. The van der Waals surface area contributed by atoms with Crippen molar-refractivity contribution in [1.82, 2.24) is 5.32 Å². The highest BCUT2D eigenvalue weighted by molar-refractivity contribution is 7.80. The summed E-state index contributed by atoms with van der Waals surface area (Å²) < 4.78 is 5.36. The molecule has 1 aliphatic carbocycles. The maximum absolute atomic E-state index is 13.4. The molecule has 0 aliphatic heterocycles. The number of Topliss-reactive ketones (excluding diaryl/α,β-unsaturated/α-hetero) is 1. The number of rotatable bonds is 10.